The number of esters is 1. The van der Waals surface area contributed by atoms with Gasteiger partial charge in [-0.2, -0.15) is 5.10 Å². The lowest BCUT2D eigenvalue weighted by atomic mass is 10.1. The third-order valence-corrected chi connectivity index (χ3v) is 5.89. The van der Waals surface area contributed by atoms with Crippen LogP contribution in [-0.4, -0.2) is 24.2 Å². The highest BCUT2D eigenvalue weighted by atomic mass is 79.9. The Morgan fingerprint density at radius 2 is 1.71 bits per heavy atom. The van der Waals surface area contributed by atoms with Gasteiger partial charge in [-0.05, 0) is 48.7 Å². The molecule has 6 nitrogen and oxygen atoms in total. The minimum absolute atomic E-state index is 0.243. The molecule has 4 rings (SSSR count). The van der Waals surface area contributed by atoms with Gasteiger partial charge < -0.3 is 9.47 Å². The number of benzene rings is 4. The number of fused-ring (bicyclic) bond motifs is 1. The molecule has 35 heavy (non-hydrogen) atoms. The molecule has 0 saturated carbocycles. The molecule has 4 aromatic rings. The third-order valence-electron chi connectivity index (χ3n) is 5.07. The van der Waals surface area contributed by atoms with E-state index in [9.17, 15) is 9.59 Å². The Bertz CT molecular complexity index is 1420. The lowest BCUT2D eigenvalue weighted by Crippen LogP contribution is -2.33. The van der Waals surface area contributed by atoms with Crippen LogP contribution in [0.25, 0.3) is 10.8 Å². The SMILES string of the molecule is C[C@H](Oc1cccc2ccccc12)C(=O)N/N=C\c1cc(Br)ccc1OC(=O)c1ccccc1Cl. The van der Waals surface area contributed by atoms with Crippen LogP contribution in [0.5, 0.6) is 11.5 Å². The second-order valence-corrected chi connectivity index (χ2v) is 8.85. The summed E-state index contributed by atoms with van der Waals surface area (Å²) in [5.74, 6) is -0.167. The molecule has 0 spiro atoms. The van der Waals surface area contributed by atoms with Gasteiger partial charge in [0.15, 0.2) is 6.10 Å². The predicted octanol–water partition coefficient (Wildman–Crippen LogP) is 6.39. The van der Waals surface area contributed by atoms with Gasteiger partial charge in [-0.15, -0.1) is 0 Å². The predicted molar refractivity (Wildman–Crippen MR) is 140 cm³/mol. The van der Waals surface area contributed by atoms with Crippen molar-refractivity contribution in [3.05, 3.63) is 106 Å². The van der Waals surface area contributed by atoms with Crippen LogP contribution in [0.1, 0.15) is 22.8 Å². The first-order valence-corrected chi connectivity index (χ1v) is 11.8. The fourth-order valence-electron chi connectivity index (χ4n) is 3.29. The van der Waals surface area contributed by atoms with E-state index in [1.54, 1.807) is 49.4 Å². The Hall–Kier alpha value is -3.68. The Kier molecular flexibility index (Phi) is 7.80. The summed E-state index contributed by atoms with van der Waals surface area (Å²) in [6.07, 6.45) is 0.598. The second kappa shape index (κ2) is 11.2. The summed E-state index contributed by atoms with van der Waals surface area (Å²) in [5, 5.41) is 6.24. The number of nitrogens with one attached hydrogen (secondary N) is 1. The highest BCUT2D eigenvalue weighted by Crippen LogP contribution is 2.26. The van der Waals surface area contributed by atoms with Crippen LogP contribution in [0.3, 0.4) is 0 Å². The molecular weight excluding hydrogens is 532 g/mol. The maximum atomic E-state index is 12.6. The first-order valence-electron chi connectivity index (χ1n) is 10.7. The van der Waals surface area contributed by atoms with Gasteiger partial charge >= 0.3 is 5.97 Å². The smallest absolute Gasteiger partial charge is 0.345 e. The van der Waals surface area contributed by atoms with E-state index in [4.69, 9.17) is 21.1 Å². The fraction of sp³-hybridized carbons (Fsp3) is 0.0741. The zero-order chi connectivity index (χ0) is 24.8. The lowest BCUT2D eigenvalue weighted by molar-refractivity contribution is -0.127. The molecule has 0 fully saturated rings. The van der Waals surface area contributed by atoms with Crippen molar-refractivity contribution >= 4 is 56.4 Å². The molecule has 8 heteroatoms. The number of nitrogens with zero attached hydrogens (tertiary/aromatic N) is 1. The van der Waals surface area contributed by atoms with E-state index < -0.39 is 18.0 Å². The Labute approximate surface area is 215 Å². The van der Waals surface area contributed by atoms with Gasteiger partial charge in [0.05, 0.1) is 16.8 Å². The molecule has 176 valence electrons. The Morgan fingerprint density at radius 1 is 0.971 bits per heavy atom. The summed E-state index contributed by atoms with van der Waals surface area (Å²) in [6, 6.07) is 25.1. The van der Waals surface area contributed by atoms with E-state index in [2.05, 4.69) is 26.5 Å². The summed E-state index contributed by atoms with van der Waals surface area (Å²) in [6.45, 7) is 1.64. The van der Waals surface area contributed by atoms with E-state index >= 15 is 0 Å². The molecule has 0 aliphatic rings. The number of hydrogen-bond donors (Lipinski definition) is 1. The summed E-state index contributed by atoms with van der Waals surface area (Å²) in [7, 11) is 0. The highest BCUT2D eigenvalue weighted by molar-refractivity contribution is 9.10. The van der Waals surface area contributed by atoms with Crippen LogP contribution in [0.15, 0.2) is 94.5 Å². The minimum Gasteiger partial charge on any atom is -0.480 e. The Balaban J connectivity index is 1.44. The first kappa shape index (κ1) is 24.4. The van der Waals surface area contributed by atoms with Crippen molar-refractivity contribution in [2.75, 3.05) is 0 Å². The number of hydrogen-bond acceptors (Lipinski definition) is 5. The molecule has 1 atom stereocenters. The topological polar surface area (TPSA) is 77.0 Å². The zero-order valence-electron chi connectivity index (χ0n) is 18.6. The van der Waals surface area contributed by atoms with Crippen molar-refractivity contribution in [3.63, 3.8) is 0 Å². The van der Waals surface area contributed by atoms with Gasteiger partial charge in [-0.3, -0.25) is 4.79 Å². The van der Waals surface area contributed by atoms with Crippen LogP contribution in [0.4, 0.5) is 0 Å². The fourth-order valence-corrected chi connectivity index (χ4v) is 3.89. The summed E-state index contributed by atoms with van der Waals surface area (Å²) in [5.41, 5.74) is 3.19. The molecule has 1 amide bonds. The normalized spacial score (nSPS) is 11.9. The molecular formula is C27H20BrClN2O4. The quantitative estimate of drug-likeness (QED) is 0.125. The van der Waals surface area contributed by atoms with E-state index in [1.807, 2.05) is 42.5 Å². The van der Waals surface area contributed by atoms with E-state index in [0.29, 0.717) is 11.3 Å². The number of carbonyl (C=O) groups is 2. The highest BCUT2D eigenvalue weighted by Gasteiger charge is 2.16. The minimum atomic E-state index is -0.794. The summed E-state index contributed by atoms with van der Waals surface area (Å²) >= 11 is 9.48. The van der Waals surface area contributed by atoms with Crippen molar-refractivity contribution in [2.24, 2.45) is 5.10 Å². The van der Waals surface area contributed by atoms with Gasteiger partial charge in [0.25, 0.3) is 5.91 Å². The van der Waals surface area contributed by atoms with Crippen LogP contribution >= 0.6 is 27.5 Å². The van der Waals surface area contributed by atoms with Crippen molar-refractivity contribution in [1.82, 2.24) is 5.43 Å². The molecule has 0 aromatic heterocycles. The average Bonchev–Trinajstić information content (AvgIpc) is 2.86. The summed E-state index contributed by atoms with van der Waals surface area (Å²) in [4.78, 5) is 25.1. The second-order valence-electron chi connectivity index (χ2n) is 7.52. The lowest BCUT2D eigenvalue weighted by Gasteiger charge is -2.15. The molecule has 0 bridgehead atoms. The maximum Gasteiger partial charge on any atom is 0.345 e. The molecule has 0 radical (unpaired) electrons. The molecule has 0 heterocycles. The summed E-state index contributed by atoms with van der Waals surface area (Å²) < 4.78 is 12.1. The maximum absolute atomic E-state index is 12.6. The molecule has 0 aliphatic carbocycles. The number of rotatable bonds is 7. The monoisotopic (exact) mass is 550 g/mol. The molecule has 0 unspecified atom stereocenters. The van der Waals surface area contributed by atoms with Crippen molar-refractivity contribution in [3.8, 4) is 11.5 Å². The van der Waals surface area contributed by atoms with Gasteiger partial charge in [0.2, 0.25) is 0 Å². The van der Waals surface area contributed by atoms with Crippen molar-refractivity contribution in [1.29, 1.82) is 0 Å². The standard InChI is InChI=1S/C27H20BrClN2O4/c1-17(34-25-12-6-8-18-7-2-3-9-21(18)25)26(32)31-30-16-19-15-20(28)13-14-24(19)35-27(33)22-10-4-5-11-23(22)29/h2-17H,1H3,(H,31,32)/b30-16-/t17-/m0/s1. The number of hydrazone groups is 1. The van der Waals surface area contributed by atoms with Crippen molar-refractivity contribution in [2.45, 2.75) is 13.0 Å². The van der Waals surface area contributed by atoms with Gasteiger partial charge in [-0.1, -0.05) is 76.1 Å². The first-order chi connectivity index (χ1) is 16.9. The number of halogens is 2. The van der Waals surface area contributed by atoms with E-state index in [0.717, 1.165) is 15.2 Å². The number of ether oxygens (including phenoxy) is 2. The Morgan fingerprint density at radius 3 is 2.54 bits per heavy atom. The molecule has 1 N–H and O–H groups in total. The van der Waals surface area contributed by atoms with Crippen LogP contribution in [0.2, 0.25) is 5.02 Å². The molecule has 4 aromatic carbocycles. The van der Waals surface area contributed by atoms with Gasteiger partial charge in [0.1, 0.15) is 11.5 Å². The van der Waals surface area contributed by atoms with E-state index in [1.165, 1.54) is 6.21 Å². The van der Waals surface area contributed by atoms with Crippen molar-refractivity contribution < 1.29 is 19.1 Å². The zero-order valence-corrected chi connectivity index (χ0v) is 20.9. The number of carbonyl (C=O) groups excluding carboxylic acids is 2. The van der Waals surface area contributed by atoms with Crippen LogP contribution in [-0.2, 0) is 4.79 Å². The average molecular weight is 552 g/mol. The van der Waals surface area contributed by atoms with Gasteiger partial charge in [-0.25, -0.2) is 10.2 Å². The molecule has 0 aliphatic heterocycles. The van der Waals surface area contributed by atoms with Crippen LogP contribution < -0.4 is 14.9 Å². The van der Waals surface area contributed by atoms with Gasteiger partial charge in [0, 0.05) is 15.4 Å². The molecule has 0 saturated heterocycles. The van der Waals surface area contributed by atoms with E-state index in [-0.39, 0.29) is 16.3 Å². The largest absolute Gasteiger partial charge is 0.480 e. The third kappa shape index (κ3) is 6.07. The van der Waals surface area contributed by atoms with Crippen LogP contribution in [0, 0.1) is 0 Å². The number of amides is 1.